The van der Waals surface area contributed by atoms with Crippen LogP contribution in [0.25, 0.3) is 0 Å². The zero-order valence-electron chi connectivity index (χ0n) is 7.47. The average molecular weight is 190 g/mol. The van der Waals surface area contributed by atoms with Crippen molar-refractivity contribution in [1.29, 1.82) is 0 Å². The number of carboxylic acids is 1. The molecule has 13 heavy (non-hydrogen) atoms. The molecule has 1 aliphatic heterocycles. The Kier molecular flexibility index (Phi) is 7.18. The molecule has 0 aromatic rings. The van der Waals surface area contributed by atoms with Crippen LogP contribution >= 0.6 is 0 Å². The second-order valence-corrected chi connectivity index (χ2v) is 2.30. The summed E-state index contributed by atoms with van der Waals surface area (Å²) in [5.41, 5.74) is 0. The predicted octanol–water partition coefficient (Wildman–Crippen LogP) is -0.00130. The number of allylic oxidation sites excluding steroid dienone is 1. The Balaban J connectivity index is 0.000000226. The van der Waals surface area contributed by atoms with Crippen LogP contribution in [0.5, 0.6) is 0 Å². The second kappa shape index (κ2) is 7.72. The lowest BCUT2D eigenvalue weighted by molar-refractivity contribution is -0.131. The minimum absolute atomic E-state index is 0.0694. The molecule has 0 bridgehead atoms. The van der Waals surface area contributed by atoms with Crippen LogP contribution in [0.15, 0.2) is 12.2 Å². The van der Waals surface area contributed by atoms with Crippen molar-refractivity contribution in [3.05, 3.63) is 12.2 Å². The minimum atomic E-state index is -0.891. The van der Waals surface area contributed by atoms with Crippen molar-refractivity contribution in [2.45, 2.75) is 13.0 Å². The molecule has 1 rings (SSSR count). The van der Waals surface area contributed by atoms with E-state index in [1.54, 1.807) is 6.92 Å². The number of ether oxygens (including phenoxy) is 2. The number of aliphatic carboxylic acids is 1. The van der Waals surface area contributed by atoms with E-state index in [9.17, 15) is 4.79 Å². The smallest absolute Gasteiger partial charge is 0.327 e. The summed E-state index contributed by atoms with van der Waals surface area (Å²) in [7, 11) is 0. The maximum atomic E-state index is 9.51. The third kappa shape index (κ3) is 7.45. The summed E-state index contributed by atoms with van der Waals surface area (Å²) in [6.45, 7) is 2.61. The predicted molar refractivity (Wildman–Crippen MR) is 45.2 cm³/mol. The van der Waals surface area contributed by atoms with Crippen LogP contribution in [0.1, 0.15) is 6.92 Å². The molecule has 0 aromatic carbocycles. The Hall–Kier alpha value is -0.910. The molecule has 0 spiro atoms. The standard InChI is InChI=1S/C4H8O3.C4H6O2/c5-1-4-2-6-3-7-4;1-2-3-4(5)6/h4-5H,1-3H2;2-3H,1H3,(H,5,6)/b;3-2+. The molecule has 0 saturated carbocycles. The highest BCUT2D eigenvalue weighted by Gasteiger charge is 2.13. The number of aliphatic hydroxyl groups excluding tert-OH is 1. The number of carboxylic acid groups (broad SMARTS) is 1. The summed E-state index contributed by atoms with van der Waals surface area (Å²) in [6, 6.07) is 0. The molecule has 0 radical (unpaired) electrons. The maximum Gasteiger partial charge on any atom is 0.327 e. The molecule has 0 aromatic heterocycles. The van der Waals surface area contributed by atoms with E-state index >= 15 is 0 Å². The summed E-state index contributed by atoms with van der Waals surface area (Å²) in [6.07, 6.45) is 2.49. The van der Waals surface area contributed by atoms with Crippen molar-refractivity contribution in [2.75, 3.05) is 20.0 Å². The Morgan fingerprint density at radius 1 is 1.69 bits per heavy atom. The highest BCUT2D eigenvalue weighted by Crippen LogP contribution is 1.99. The van der Waals surface area contributed by atoms with Crippen LogP contribution in [-0.4, -0.2) is 42.3 Å². The molecule has 1 unspecified atom stereocenters. The van der Waals surface area contributed by atoms with Gasteiger partial charge < -0.3 is 19.7 Å². The number of hydrogen-bond donors (Lipinski definition) is 2. The van der Waals surface area contributed by atoms with Gasteiger partial charge in [-0.3, -0.25) is 0 Å². The van der Waals surface area contributed by atoms with Crippen LogP contribution in [-0.2, 0) is 14.3 Å². The average Bonchev–Trinajstić information content (AvgIpc) is 2.56. The van der Waals surface area contributed by atoms with Gasteiger partial charge in [0.2, 0.25) is 0 Å². The van der Waals surface area contributed by atoms with Crippen molar-refractivity contribution >= 4 is 5.97 Å². The highest BCUT2D eigenvalue weighted by atomic mass is 16.7. The summed E-state index contributed by atoms with van der Waals surface area (Å²) in [5, 5.41) is 16.2. The first kappa shape index (κ1) is 12.1. The van der Waals surface area contributed by atoms with Crippen molar-refractivity contribution in [2.24, 2.45) is 0 Å². The lowest BCUT2D eigenvalue weighted by Crippen LogP contribution is -2.13. The fourth-order valence-electron chi connectivity index (χ4n) is 0.620. The Morgan fingerprint density at radius 3 is 2.54 bits per heavy atom. The molecule has 1 aliphatic rings. The lowest BCUT2D eigenvalue weighted by atomic mass is 10.4. The molecule has 1 saturated heterocycles. The fourth-order valence-corrected chi connectivity index (χ4v) is 0.620. The second-order valence-electron chi connectivity index (χ2n) is 2.30. The van der Waals surface area contributed by atoms with E-state index in [1.165, 1.54) is 6.08 Å². The van der Waals surface area contributed by atoms with Crippen LogP contribution in [0.4, 0.5) is 0 Å². The van der Waals surface area contributed by atoms with Gasteiger partial charge in [0.1, 0.15) is 12.9 Å². The maximum absolute atomic E-state index is 9.51. The van der Waals surface area contributed by atoms with Crippen LogP contribution < -0.4 is 0 Å². The van der Waals surface area contributed by atoms with Gasteiger partial charge in [-0.25, -0.2) is 4.79 Å². The molecule has 1 fully saturated rings. The van der Waals surface area contributed by atoms with Gasteiger partial charge >= 0.3 is 5.97 Å². The van der Waals surface area contributed by atoms with E-state index < -0.39 is 5.97 Å². The number of carbonyl (C=O) groups is 1. The molecule has 1 heterocycles. The van der Waals surface area contributed by atoms with Gasteiger partial charge in [0.05, 0.1) is 13.2 Å². The topological polar surface area (TPSA) is 76.0 Å². The molecule has 1 atom stereocenters. The van der Waals surface area contributed by atoms with Gasteiger partial charge in [0, 0.05) is 6.08 Å². The van der Waals surface area contributed by atoms with E-state index in [-0.39, 0.29) is 12.7 Å². The first-order valence-corrected chi connectivity index (χ1v) is 3.86. The van der Waals surface area contributed by atoms with Gasteiger partial charge in [-0.15, -0.1) is 0 Å². The summed E-state index contributed by atoms with van der Waals surface area (Å²) >= 11 is 0. The summed E-state index contributed by atoms with van der Waals surface area (Å²) in [4.78, 5) is 9.51. The van der Waals surface area contributed by atoms with Gasteiger partial charge in [-0.05, 0) is 6.92 Å². The van der Waals surface area contributed by atoms with Gasteiger partial charge in [-0.1, -0.05) is 6.08 Å². The lowest BCUT2D eigenvalue weighted by Gasteiger charge is -1.97. The van der Waals surface area contributed by atoms with E-state index in [0.29, 0.717) is 13.4 Å². The molecule has 0 amide bonds. The van der Waals surface area contributed by atoms with E-state index in [0.717, 1.165) is 6.08 Å². The molecule has 5 heteroatoms. The zero-order chi connectivity index (χ0) is 10.1. The Labute approximate surface area is 76.6 Å². The van der Waals surface area contributed by atoms with Crippen molar-refractivity contribution in [3.8, 4) is 0 Å². The van der Waals surface area contributed by atoms with Crippen molar-refractivity contribution in [1.82, 2.24) is 0 Å². The van der Waals surface area contributed by atoms with Crippen molar-refractivity contribution in [3.63, 3.8) is 0 Å². The molecule has 76 valence electrons. The van der Waals surface area contributed by atoms with E-state index in [1.807, 2.05) is 0 Å². The summed E-state index contributed by atoms with van der Waals surface area (Å²) in [5.74, 6) is -0.891. The first-order valence-electron chi connectivity index (χ1n) is 3.86. The number of aliphatic hydroxyl groups is 1. The van der Waals surface area contributed by atoms with Gasteiger partial charge in [-0.2, -0.15) is 0 Å². The number of hydrogen-bond acceptors (Lipinski definition) is 4. The van der Waals surface area contributed by atoms with Gasteiger partial charge in [0.25, 0.3) is 0 Å². The molecule has 0 aliphatic carbocycles. The third-order valence-electron chi connectivity index (χ3n) is 1.20. The summed E-state index contributed by atoms with van der Waals surface area (Å²) < 4.78 is 9.60. The molecule has 5 nitrogen and oxygen atoms in total. The van der Waals surface area contributed by atoms with E-state index in [4.69, 9.17) is 19.7 Å². The largest absolute Gasteiger partial charge is 0.478 e. The van der Waals surface area contributed by atoms with Crippen LogP contribution in [0, 0.1) is 0 Å². The third-order valence-corrected chi connectivity index (χ3v) is 1.20. The van der Waals surface area contributed by atoms with Crippen LogP contribution in [0.3, 0.4) is 0 Å². The first-order chi connectivity index (χ1) is 6.20. The Morgan fingerprint density at radius 2 is 2.38 bits per heavy atom. The SMILES string of the molecule is C/C=C/C(=O)O.OCC1COCO1. The number of rotatable bonds is 2. The fraction of sp³-hybridized carbons (Fsp3) is 0.625. The van der Waals surface area contributed by atoms with Crippen molar-refractivity contribution < 1.29 is 24.5 Å². The quantitative estimate of drug-likeness (QED) is 0.599. The molecular weight excluding hydrogens is 176 g/mol. The Bertz CT molecular complexity index is 160. The zero-order valence-corrected chi connectivity index (χ0v) is 7.47. The van der Waals surface area contributed by atoms with E-state index in [2.05, 4.69) is 0 Å². The van der Waals surface area contributed by atoms with Gasteiger partial charge in [0.15, 0.2) is 0 Å². The normalized spacial score (nSPS) is 21.2. The molecule has 2 N–H and O–H groups in total. The highest BCUT2D eigenvalue weighted by molar-refractivity contribution is 5.79. The minimum Gasteiger partial charge on any atom is -0.478 e. The monoisotopic (exact) mass is 190 g/mol. The van der Waals surface area contributed by atoms with Crippen LogP contribution in [0.2, 0.25) is 0 Å². The molecular formula is C8H14O5.